The first-order valence-electron chi connectivity index (χ1n) is 35.8. The third kappa shape index (κ3) is 11.3. The van der Waals surface area contributed by atoms with Gasteiger partial charge in [0.15, 0.2) is 0 Å². The van der Waals surface area contributed by atoms with Crippen molar-refractivity contribution in [3.63, 3.8) is 0 Å². The van der Waals surface area contributed by atoms with E-state index in [2.05, 4.69) is 258 Å². The van der Waals surface area contributed by atoms with Gasteiger partial charge in [-0.25, -0.2) is 9.13 Å². The second kappa shape index (κ2) is 26.6. The van der Waals surface area contributed by atoms with E-state index in [9.17, 15) is 0 Å². The summed E-state index contributed by atoms with van der Waals surface area (Å²) in [5.74, 6) is 1.41. The first-order valence-corrected chi connectivity index (χ1v) is 38.9. The van der Waals surface area contributed by atoms with Gasteiger partial charge >= 0.3 is 15.5 Å². The second-order valence-electron chi connectivity index (χ2n) is 26.3. The van der Waals surface area contributed by atoms with Crippen molar-refractivity contribution in [2.75, 3.05) is 0 Å². The molecule has 0 fully saturated rings. The van der Waals surface area contributed by atoms with Crippen molar-refractivity contribution in [2.24, 2.45) is 0 Å². The van der Waals surface area contributed by atoms with Crippen molar-refractivity contribution in [1.82, 2.24) is 4.86 Å². The first-order chi connectivity index (χ1) is 47.2. The monoisotopic (exact) mass is 1320 g/mol. The number of benzene rings is 12. The molecule has 0 aliphatic carbocycles. The van der Waals surface area contributed by atoms with E-state index in [4.69, 9.17) is 18.1 Å². The van der Waals surface area contributed by atoms with Gasteiger partial charge in [-0.05, 0) is 233 Å². The van der Waals surface area contributed by atoms with Gasteiger partial charge in [0.05, 0.1) is 0 Å². The lowest BCUT2D eigenvalue weighted by molar-refractivity contribution is 0.359. The van der Waals surface area contributed by atoms with E-state index in [-0.39, 0.29) is 0 Å². The Hall–Kier alpha value is -8.70. The zero-order valence-electron chi connectivity index (χ0n) is 58.5. The van der Waals surface area contributed by atoms with Gasteiger partial charge in [0.1, 0.15) is 23.0 Å². The topological polar surface area (TPSA) is 83.1 Å². The molecular weight excluding hydrogens is 1230 g/mol. The Balaban J connectivity index is 1.15. The lowest BCUT2D eigenvalue weighted by Gasteiger charge is -2.27. The summed E-state index contributed by atoms with van der Waals surface area (Å²) >= 11 is 0. The Morgan fingerprint density at radius 2 is 0.433 bits per heavy atom. The molecule has 492 valence electrons. The maximum Gasteiger partial charge on any atom is 0.524 e. The van der Waals surface area contributed by atoms with Gasteiger partial charge in [0, 0.05) is 44.5 Å². The molecule has 12 aromatic carbocycles. The summed E-state index contributed by atoms with van der Waals surface area (Å²) in [6, 6.07) is 61.1. The molecule has 14 rings (SSSR count). The minimum Gasteiger partial charge on any atom is -0.403 e. The average molecular weight is 1320 g/mol. The van der Waals surface area contributed by atoms with E-state index in [0.29, 0.717) is 23.0 Å². The van der Waals surface area contributed by atoms with Gasteiger partial charge in [-0.15, -0.1) is 0 Å². The summed E-state index contributed by atoms with van der Waals surface area (Å²) in [6.07, 6.45) is 9.29. The summed E-state index contributed by atoms with van der Waals surface area (Å²) < 4.78 is 67.3. The number of nitrogens with one attached hydrogen (secondary N) is 1. The minimum absolute atomic E-state index is 0.352. The molecule has 0 radical (unpaired) electrons. The molecule has 2 aliphatic heterocycles. The van der Waals surface area contributed by atoms with E-state index >= 15 is 9.13 Å². The van der Waals surface area contributed by atoms with Crippen molar-refractivity contribution in [2.45, 2.75) is 160 Å². The molecule has 2 heterocycles. The van der Waals surface area contributed by atoms with Crippen molar-refractivity contribution in [3.8, 4) is 89.8 Å². The van der Waals surface area contributed by atoms with Crippen LogP contribution < -0.4 is 23.0 Å². The summed E-state index contributed by atoms with van der Waals surface area (Å²) in [4.78, 5) is 3.29. The van der Waals surface area contributed by atoms with E-state index < -0.39 is 15.5 Å². The molecule has 0 saturated heterocycles. The first kappa shape index (κ1) is 65.6. The fourth-order valence-corrected chi connectivity index (χ4v) is 19.6. The van der Waals surface area contributed by atoms with E-state index in [1.54, 1.807) is 0 Å². The Morgan fingerprint density at radius 1 is 0.247 bits per heavy atom. The van der Waals surface area contributed by atoms with Gasteiger partial charge in [-0.3, -0.25) is 0 Å². The number of hydrogen-bond acceptors (Lipinski definition) is 6. The van der Waals surface area contributed by atoms with Gasteiger partial charge in [0.25, 0.3) is 0 Å². The molecule has 0 unspecified atom stereocenters. The molecule has 0 atom stereocenters. The number of fused-ring (bicyclic) bond motifs is 14. The quantitative estimate of drug-likeness (QED) is 0.0857. The lowest BCUT2D eigenvalue weighted by atomic mass is 9.82. The number of aryl methyl sites for hydroxylation is 12. The lowest BCUT2D eigenvalue weighted by Crippen LogP contribution is -2.22. The predicted octanol–water partition coefficient (Wildman–Crippen LogP) is 25.1. The zero-order chi connectivity index (χ0) is 67.6. The van der Waals surface area contributed by atoms with E-state index in [1.807, 2.05) is 0 Å². The smallest absolute Gasteiger partial charge is 0.403 e. The van der Waals surface area contributed by atoms with Crippen LogP contribution in [0.1, 0.15) is 150 Å². The molecule has 2 aliphatic rings. The highest BCUT2D eigenvalue weighted by atomic mass is 31.3. The Kier molecular flexibility index (Phi) is 18.0. The van der Waals surface area contributed by atoms with Crippen LogP contribution in [0.3, 0.4) is 0 Å². The highest BCUT2D eigenvalue weighted by Crippen LogP contribution is 2.69. The van der Waals surface area contributed by atoms with Crippen LogP contribution in [-0.4, -0.2) is 0 Å². The SMILES string of the molecule is CCc1cc(CC)c(-c2cc3ccccc3c3c2OP(=O)(NP2(=O)Oc4c(-c5c(CC)cc(CC)cc5CC)cc5ccccc5c4-c4c(c(-c5c(CC)cc(CC)cc5CC)cc5ccccc45)O2)Oc2c(-c4c(CC)cc(CC)cc4CC)cc4ccccc4c2-3)c(CC)c1. The molecule has 7 nitrogen and oxygen atoms in total. The van der Waals surface area contributed by atoms with Crippen molar-refractivity contribution >= 4 is 58.6 Å². The maximum atomic E-state index is 18.2. The highest BCUT2D eigenvalue weighted by molar-refractivity contribution is 7.68. The third-order valence-electron chi connectivity index (χ3n) is 20.8. The van der Waals surface area contributed by atoms with Crippen molar-refractivity contribution in [1.29, 1.82) is 0 Å². The summed E-state index contributed by atoms with van der Waals surface area (Å²) in [6.45, 7) is 26.5. The van der Waals surface area contributed by atoms with Gasteiger partial charge in [0.2, 0.25) is 0 Å². The van der Waals surface area contributed by atoms with Crippen LogP contribution in [0.5, 0.6) is 23.0 Å². The maximum absolute atomic E-state index is 18.2. The van der Waals surface area contributed by atoms with E-state index in [0.717, 1.165) is 231 Å². The molecular formula is C88H89NO6P2. The van der Waals surface area contributed by atoms with Crippen LogP contribution in [0.25, 0.3) is 110 Å². The van der Waals surface area contributed by atoms with Crippen molar-refractivity contribution < 1.29 is 27.2 Å². The van der Waals surface area contributed by atoms with Gasteiger partial charge < -0.3 is 18.1 Å². The van der Waals surface area contributed by atoms with Crippen LogP contribution in [-0.2, 0) is 86.2 Å². The van der Waals surface area contributed by atoms with Gasteiger partial charge in [-0.1, -0.05) is 234 Å². The molecule has 97 heavy (non-hydrogen) atoms. The largest absolute Gasteiger partial charge is 0.524 e. The minimum atomic E-state index is -5.19. The molecule has 0 amide bonds. The standard InChI is InChI=1S/C88H89NO6P2/c1-13-53-41-57(17-5)77(58(18-6)42-53)73-49-65-33-25-29-37-69(65)81-82-70-38-30-26-34-66(70)50-74(78-59(19-7)43-54(14-2)44-60(78)20-8)86(82)93-96(90,92-85(73)81)89-97(91)94-87-75(79-61(21-9)45-55(15-3)46-62(79)22-10)51-67-35-27-31-39-71(67)83(87)84-72-40-32-28-36-68(72)52-76(88(84)95-97)80-63(23-11)47-56(16-4)48-64(80)24-12/h25-52H,13-24H2,1-12H3,(H,89,90,91). The Morgan fingerprint density at radius 3 is 0.608 bits per heavy atom. The van der Waals surface area contributed by atoms with Gasteiger partial charge in [-0.2, -0.15) is 0 Å². The molecule has 12 aromatic rings. The highest BCUT2D eigenvalue weighted by Gasteiger charge is 2.50. The second-order valence-corrected chi connectivity index (χ2v) is 29.8. The molecule has 0 aromatic heterocycles. The van der Waals surface area contributed by atoms with Crippen LogP contribution in [0.15, 0.2) is 170 Å². The normalized spacial score (nSPS) is 13.6. The third-order valence-corrected chi connectivity index (χ3v) is 24.5. The van der Waals surface area contributed by atoms with Crippen LogP contribution in [0.2, 0.25) is 0 Å². The number of rotatable bonds is 18. The molecule has 9 heteroatoms. The molecule has 0 spiro atoms. The summed E-state index contributed by atoms with van der Waals surface area (Å²) in [5, 5.41) is 7.48. The fourth-order valence-electron chi connectivity index (χ4n) is 16.0. The van der Waals surface area contributed by atoms with Crippen LogP contribution in [0.4, 0.5) is 0 Å². The summed E-state index contributed by atoms with van der Waals surface area (Å²) in [7, 11) is -10.4. The predicted molar refractivity (Wildman–Crippen MR) is 409 cm³/mol. The molecule has 1 N–H and O–H groups in total. The van der Waals surface area contributed by atoms with Crippen molar-refractivity contribution in [3.05, 3.63) is 237 Å². The zero-order valence-corrected chi connectivity index (χ0v) is 60.3. The Bertz CT molecular complexity index is 4530. The Labute approximate surface area is 573 Å². The molecule has 0 saturated carbocycles. The summed E-state index contributed by atoms with van der Waals surface area (Å²) in [5.41, 5.74) is 24.2. The fraction of sp³-hybridized carbons (Fsp3) is 0.273. The average Bonchev–Trinajstić information content (AvgIpc) is 1.67. The van der Waals surface area contributed by atoms with Crippen LogP contribution >= 0.6 is 15.5 Å². The number of hydrogen-bond donors (Lipinski definition) is 1. The van der Waals surface area contributed by atoms with Crippen LogP contribution in [0, 0.1) is 0 Å². The van der Waals surface area contributed by atoms with E-state index in [1.165, 1.54) is 22.3 Å². The molecule has 0 bridgehead atoms.